The first-order valence-electron chi connectivity index (χ1n) is 5.93. The second-order valence-electron chi connectivity index (χ2n) is 4.77. The molecule has 0 heterocycles. The van der Waals surface area contributed by atoms with Crippen molar-refractivity contribution in [2.24, 2.45) is 11.7 Å². The van der Waals surface area contributed by atoms with Gasteiger partial charge in [-0.05, 0) is 49.1 Å². The van der Waals surface area contributed by atoms with Gasteiger partial charge in [-0.1, -0.05) is 53.0 Å². The summed E-state index contributed by atoms with van der Waals surface area (Å²) < 4.78 is 1.04. The zero-order valence-electron chi connectivity index (χ0n) is 11.2. The fourth-order valence-electron chi connectivity index (χ4n) is 1.50. The molecule has 0 amide bonds. The predicted molar refractivity (Wildman–Crippen MR) is 84.4 cm³/mol. The number of halogens is 2. The molecule has 0 spiro atoms. The number of hydrogen-bond donors (Lipinski definition) is 1. The highest BCUT2D eigenvalue weighted by molar-refractivity contribution is 9.10. The van der Waals surface area contributed by atoms with Gasteiger partial charge in [0.2, 0.25) is 0 Å². The van der Waals surface area contributed by atoms with Crippen LogP contribution in [0.3, 0.4) is 0 Å². The fourth-order valence-corrected chi connectivity index (χ4v) is 2.25. The number of nitrogens with two attached hydrogens (primary N) is 1. The average Bonchev–Trinajstić information content (AvgIpc) is 2.27. The molecule has 0 saturated heterocycles. The lowest BCUT2D eigenvalue weighted by Gasteiger charge is -2.09. The van der Waals surface area contributed by atoms with E-state index in [1.165, 1.54) is 5.57 Å². The van der Waals surface area contributed by atoms with Gasteiger partial charge < -0.3 is 5.73 Å². The van der Waals surface area contributed by atoms with Crippen LogP contribution in [-0.2, 0) is 0 Å². The summed E-state index contributed by atoms with van der Waals surface area (Å²) >= 11 is 9.80. The second-order valence-corrected chi connectivity index (χ2v) is 6.07. The Bertz CT molecular complexity index is 501. The van der Waals surface area contributed by atoms with E-state index in [-0.39, 0.29) is 0 Å². The van der Waals surface area contributed by atoms with Crippen LogP contribution in [0.25, 0.3) is 5.03 Å². The summed E-state index contributed by atoms with van der Waals surface area (Å²) in [5.74, 6) is 0.471. The van der Waals surface area contributed by atoms with E-state index in [4.69, 9.17) is 17.3 Å². The van der Waals surface area contributed by atoms with E-state index in [1.807, 2.05) is 31.2 Å². The number of allylic oxidation sites excluding steroid dienone is 2. The molecule has 98 valence electrons. The molecule has 0 aromatic heterocycles. The van der Waals surface area contributed by atoms with Gasteiger partial charge in [-0.2, -0.15) is 0 Å². The van der Waals surface area contributed by atoms with Crippen LogP contribution in [0.15, 0.2) is 40.0 Å². The van der Waals surface area contributed by atoms with Crippen molar-refractivity contribution in [1.29, 1.82) is 0 Å². The Morgan fingerprint density at radius 1 is 1.39 bits per heavy atom. The van der Waals surface area contributed by atoms with E-state index in [0.29, 0.717) is 16.6 Å². The van der Waals surface area contributed by atoms with Gasteiger partial charge in [0.1, 0.15) is 0 Å². The van der Waals surface area contributed by atoms with E-state index in [2.05, 4.69) is 36.7 Å². The van der Waals surface area contributed by atoms with Gasteiger partial charge in [0.15, 0.2) is 0 Å². The molecule has 0 fully saturated rings. The first kappa shape index (κ1) is 15.3. The van der Waals surface area contributed by atoms with Crippen molar-refractivity contribution in [2.45, 2.75) is 27.7 Å². The number of rotatable bonds is 3. The van der Waals surface area contributed by atoms with E-state index in [1.54, 1.807) is 0 Å². The lowest BCUT2D eigenvalue weighted by Crippen LogP contribution is -2.00. The molecule has 0 saturated carbocycles. The third-order valence-electron chi connectivity index (χ3n) is 2.97. The predicted octanol–water partition coefficient (Wildman–Crippen LogP) is 5.23. The Kier molecular flexibility index (Phi) is 5.48. The normalized spacial score (nSPS) is 13.8. The molecule has 18 heavy (non-hydrogen) atoms. The van der Waals surface area contributed by atoms with Crippen molar-refractivity contribution in [2.75, 3.05) is 0 Å². The summed E-state index contributed by atoms with van der Waals surface area (Å²) in [6, 6.07) is 5.98. The maximum absolute atomic E-state index is 6.36. The van der Waals surface area contributed by atoms with Gasteiger partial charge in [0.25, 0.3) is 0 Å². The molecule has 0 radical (unpaired) electrons. The van der Waals surface area contributed by atoms with Crippen molar-refractivity contribution < 1.29 is 0 Å². The SMILES string of the molecule is CC(=C/C(N)=C(/Cl)c1ccc(Br)cc1C)C(C)C. The molecule has 1 aromatic carbocycles. The van der Waals surface area contributed by atoms with E-state index in [9.17, 15) is 0 Å². The maximum atomic E-state index is 6.36. The molecule has 0 aliphatic carbocycles. The monoisotopic (exact) mass is 327 g/mol. The van der Waals surface area contributed by atoms with Crippen molar-refractivity contribution in [3.8, 4) is 0 Å². The molecule has 0 unspecified atom stereocenters. The summed E-state index contributed by atoms with van der Waals surface area (Å²) in [5, 5.41) is 0.611. The van der Waals surface area contributed by atoms with Crippen LogP contribution in [0.5, 0.6) is 0 Å². The van der Waals surface area contributed by atoms with Gasteiger partial charge >= 0.3 is 0 Å². The number of hydrogen-bond acceptors (Lipinski definition) is 1. The summed E-state index contributed by atoms with van der Waals surface area (Å²) in [7, 11) is 0. The molecule has 0 atom stereocenters. The Labute approximate surface area is 123 Å². The third-order valence-corrected chi connectivity index (χ3v) is 3.89. The summed E-state index contributed by atoms with van der Waals surface area (Å²) in [6.07, 6.45) is 1.95. The van der Waals surface area contributed by atoms with Crippen LogP contribution >= 0.6 is 27.5 Å². The lowest BCUT2D eigenvalue weighted by atomic mass is 10.0. The van der Waals surface area contributed by atoms with E-state index >= 15 is 0 Å². The van der Waals surface area contributed by atoms with Gasteiger partial charge in [0, 0.05) is 4.47 Å². The summed E-state index contributed by atoms with van der Waals surface area (Å²) in [4.78, 5) is 0. The zero-order valence-corrected chi connectivity index (χ0v) is 13.6. The van der Waals surface area contributed by atoms with Crippen LogP contribution in [0.1, 0.15) is 31.9 Å². The van der Waals surface area contributed by atoms with Crippen LogP contribution < -0.4 is 5.73 Å². The number of benzene rings is 1. The molecule has 1 aromatic rings. The smallest absolute Gasteiger partial charge is 0.0710 e. The first-order chi connectivity index (χ1) is 8.32. The highest BCUT2D eigenvalue weighted by atomic mass is 79.9. The van der Waals surface area contributed by atoms with E-state index < -0.39 is 0 Å². The standard InChI is InChI=1S/C15H19BrClN/c1-9(2)10(3)8-14(18)15(17)13-6-5-12(16)7-11(13)4/h5-9H,18H2,1-4H3/b10-8?,15-14-. The highest BCUT2D eigenvalue weighted by Crippen LogP contribution is 2.27. The summed E-state index contributed by atoms with van der Waals surface area (Å²) in [6.45, 7) is 8.36. The van der Waals surface area contributed by atoms with Gasteiger partial charge in [-0.25, -0.2) is 0 Å². The van der Waals surface area contributed by atoms with Crippen LogP contribution in [0, 0.1) is 12.8 Å². The largest absolute Gasteiger partial charge is 0.398 e. The Morgan fingerprint density at radius 3 is 2.50 bits per heavy atom. The number of aryl methyl sites for hydroxylation is 1. The lowest BCUT2D eigenvalue weighted by molar-refractivity contribution is 0.768. The minimum atomic E-state index is 0.471. The van der Waals surface area contributed by atoms with Gasteiger partial charge in [-0.3, -0.25) is 0 Å². The fraction of sp³-hybridized carbons (Fsp3) is 0.333. The van der Waals surface area contributed by atoms with Crippen LogP contribution in [0.4, 0.5) is 0 Å². The van der Waals surface area contributed by atoms with Crippen LogP contribution in [0.2, 0.25) is 0 Å². The topological polar surface area (TPSA) is 26.0 Å². The maximum Gasteiger partial charge on any atom is 0.0710 e. The van der Waals surface area contributed by atoms with Crippen LogP contribution in [-0.4, -0.2) is 0 Å². The molecule has 2 N–H and O–H groups in total. The van der Waals surface area contributed by atoms with Crippen molar-refractivity contribution in [3.05, 3.63) is 51.1 Å². The minimum Gasteiger partial charge on any atom is -0.398 e. The highest BCUT2D eigenvalue weighted by Gasteiger charge is 2.07. The Hall–Kier alpha value is -0.730. The molecule has 1 rings (SSSR count). The molecule has 0 aliphatic rings. The van der Waals surface area contributed by atoms with Crippen molar-refractivity contribution in [1.82, 2.24) is 0 Å². The molecule has 0 bridgehead atoms. The molecule has 3 heteroatoms. The van der Waals surface area contributed by atoms with E-state index in [0.717, 1.165) is 15.6 Å². The third kappa shape index (κ3) is 3.89. The molecule has 1 nitrogen and oxygen atoms in total. The zero-order chi connectivity index (χ0) is 13.9. The summed E-state index contributed by atoms with van der Waals surface area (Å²) in [5.41, 5.74) is 9.98. The Balaban J connectivity index is 3.19. The average molecular weight is 329 g/mol. The second kappa shape index (κ2) is 6.44. The van der Waals surface area contributed by atoms with Gasteiger partial charge in [-0.15, -0.1) is 0 Å². The Morgan fingerprint density at radius 2 is 2.00 bits per heavy atom. The molecular formula is C15H19BrClN. The molecular weight excluding hydrogens is 310 g/mol. The molecule has 0 aliphatic heterocycles. The quantitative estimate of drug-likeness (QED) is 0.756. The van der Waals surface area contributed by atoms with Crippen molar-refractivity contribution in [3.63, 3.8) is 0 Å². The minimum absolute atomic E-state index is 0.471. The van der Waals surface area contributed by atoms with Gasteiger partial charge in [0.05, 0.1) is 10.7 Å². The van der Waals surface area contributed by atoms with Crippen molar-refractivity contribution >= 4 is 32.6 Å². The first-order valence-corrected chi connectivity index (χ1v) is 7.10.